The summed E-state index contributed by atoms with van der Waals surface area (Å²) in [6.07, 6.45) is -3.45. The number of nitrogens with two attached hydrogens (primary N) is 1. The zero-order valence-corrected chi connectivity index (χ0v) is 21.4. The molecule has 190 valence electrons. The molecule has 0 radical (unpaired) electrons. The van der Waals surface area contributed by atoms with Crippen molar-refractivity contribution in [2.45, 2.75) is 32.1 Å². The monoisotopic (exact) mass is 551 g/mol. The first-order valence-corrected chi connectivity index (χ1v) is 9.85. The van der Waals surface area contributed by atoms with Gasteiger partial charge in [-0.15, -0.1) is 49.6 Å². The molecule has 0 aliphatic carbocycles. The molecule has 1 aromatic heterocycles. The molecule has 2 heterocycles. The molecule has 0 saturated carbocycles. The third-order valence-corrected chi connectivity index (χ3v) is 5.15. The second-order valence-corrected chi connectivity index (χ2v) is 7.62. The molecule has 1 aliphatic heterocycles. The zero-order chi connectivity index (χ0) is 20.9. The second-order valence-electron chi connectivity index (χ2n) is 7.62. The fourth-order valence-electron chi connectivity index (χ4n) is 3.76. The normalized spacial score (nSPS) is 17.2. The fourth-order valence-corrected chi connectivity index (χ4v) is 3.76. The van der Waals surface area contributed by atoms with Crippen LogP contribution in [0.5, 0.6) is 0 Å². The van der Waals surface area contributed by atoms with Crippen LogP contribution in [0.1, 0.15) is 22.4 Å². The van der Waals surface area contributed by atoms with Crippen LogP contribution in [-0.2, 0) is 19.1 Å². The minimum atomic E-state index is -4.31. The molecule has 3 rings (SSSR count). The lowest BCUT2D eigenvalue weighted by Crippen LogP contribution is -2.40. The highest BCUT2D eigenvalue weighted by molar-refractivity contribution is 5.86. The number of hydrogen-bond acceptors (Lipinski definition) is 5. The lowest BCUT2D eigenvalue weighted by atomic mass is 9.97. The smallest absolute Gasteiger partial charge is 0.384 e. The predicted molar refractivity (Wildman–Crippen MR) is 137 cm³/mol. The number of aryl methyl sites for hydroxylation is 1. The number of benzene rings is 1. The van der Waals surface area contributed by atoms with Gasteiger partial charge >= 0.3 is 6.18 Å². The van der Waals surface area contributed by atoms with E-state index in [1.54, 1.807) is 6.07 Å². The van der Waals surface area contributed by atoms with Gasteiger partial charge in [-0.25, -0.2) is 4.98 Å². The van der Waals surface area contributed by atoms with E-state index in [0.717, 1.165) is 43.4 Å². The Hall–Kier alpha value is -1.000. The highest BCUT2D eigenvalue weighted by atomic mass is 35.5. The lowest BCUT2D eigenvalue weighted by Gasteiger charge is -2.20. The van der Waals surface area contributed by atoms with Gasteiger partial charge in [-0.05, 0) is 55.1 Å². The van der Waals surface area contributed by atoms with Crippen LogP contribution >= 0.6 is 49.6 Å². The van der Waals surface area contributed by atoms with Crippen LogP contribution in [0.15, 0.2) is 36.4 Å². The standard InChI is InChI=1S/C21H28F3N5.4ClH/c1-14-7-18(29-20(25)8-14)10-16-12-27-13-19(16)28-6-5-26-11-15-3-2-4-17(9-15)21(22,23)24;;;;/h2-4,7-9,16,19,26-28H,5-6,10-13H2,1H3,(H2,25,29);4*1H/t16-,19-;;;;/m0..../s1. The molecule has 0 bridgehead atoms. The molecule has 5 nitrogen and oxygen atoms in total. The molecular weight excluding hydrogens is 521 g/mol. The van der Waals surface area contributed by atoms with Crippen molar-refractivity contribution in [2.75, 3.05) is 31.9 Å². The van der Waals surface area contributed by atoms with Crippen LogP contribution in [0, 0.1) is 12.8 Å². The summed E-state index contributed by atoms with van der Waals surface area (Å²) in [6, 6.07) is 9.69. The van der Waals surface area contributed by atoms with Gasteiger partial charge in [-0.2, -0.15) is 13.2 Å². The van der Waals surface area contributed by atoms with E-state index in [0.29, 0.717) is 36.4 Å². The van der Waals surface area contributed by atoms with Crippen molar-refractivity contribution in [1.82, 2.24) is 20.9 Å². The van der Waals surface area contributed by atoms with Crippen LogP contribution in [-0.4, -0.2) is 37.2 Å². The summed E-state index contributed by atoms with van der Waals surface area (Å²) < 4.78 is 38.3. The Morgan fingerprint density at radius 1 is 1.06 bits per heavy atom. The maximum Gasteiger partial charge on any atom is 0.416 e. The maximum atomic E-state index is 12.8. The van der Waals surface area contributed by atoms with E-state index in [1.165, 1.54) is 12.1 Å². The quantitative estimate of drug-likeness (QED) is 0.370. The molecular formula is C21H32Cl4F3N5. The van der Waals surface area contributed by atoms with E-state index in [9.17, 15) is 13.2 Å². The summed E-state index contributed by atoms with van der Waals surface area (Å²) in [7, 11) is 0. The first kappa shape index (κ1) is 34.2. The van der Waals surface area contributed by atoms with Gasteiger partial charge in [0.1, 0.15) is 5.82 Å². The van der Waals surface area contributed by atoms with Gasteiger partial charge in [-0.1, -0.05) is 18.2 Å². The average molecular weight is 553 g/mol. The number of nitrogens with one attached hydrogen (secondary N) is 3. The molecule has 12 heteroatoms. The van der Waals surface area contributed by atoms with E-state index in [2.05, 4.69) is 27.0 Å². The molecule has 5 N–H and O–H groups in total. The van der Waals surface area contributed by atoms with Crippen molar-refractivity contribution in [3.05, 3.63) is 58.8 Å². The first-order chi connectivity index (χ1) is 13.8. The minimum absolute atomic E-state index is 0. The van der Waals surface area contributed by atoms with Gasteiger partial charge < -0.3 is 21.7 Å². The number of nitrogen functional groups attached to an aromatic ring is 1. The average Bonchev–Trinajstić information content (AvgIpc) is 3.07. The Bertz CT molecular complexity index is 806. The third-order valence-electron chi connectivity index (χ3n) is 5.15. The largest absolute Gasteiger partial charge is 0.416 e. The molecule has 1 aliphatic rings. The number of hydrogen-bond donors (Lipinski definition) is 4. The highest BCUT2D eigenvalue weighted by Crippen LogP contribution is 2.29. The zero-order valence-electron chi connectivity index (χ0n) is 18.2. The molecule has 0 amide bonds. The Morgan fingerprint density at radius 3 is 2.45 bits per heavy atom. The Morgan fingerprint density at radius 2 is 1.79 bits per heavy atom. The predicted octanol–water partition coefficient (Wildman–Crippen LogP) is 4.19. The van der Waals surface area contributed by atoms with E-state index >= 15 is 0 Å². The van der Waals surface area contributed by atoms with Crippen LogP contribution in [0.4, 0.5) is 19.0 Å². The molecule has 0 spiro atoms. The number of aromatic nitrogens is 1. The van der Waals surface area contributed by atoms with E-state index < -0.39 is 11.7 Å². The van der Waals surface area contributed by atoms with E-state index in [4.69, 9.17) is 5.73 Å². The molecule has 33 heavy (non-hydrogen) atoms. The summed E-state index contributed by atoms with van der Waals surface area (Å²) in [5.74, 6) is 0.974. The number of anilines is 1. The molecule has 1 fully saturated rings. The maximum absolute atomic E-state index is 12.8. The molecule has 1 saturated heterocycles. The van der Waals surface area contributed by atoms with Crippen LogP contribution in [0.2, 0.25) is 0 Å². The Kier molecular flexibility index (Phi) is 16.4. The Balaban J connectivity index is 0. The van der Waals surface area contributed by atoms with Crippen molar-refractivity contribution >= 4 is 55.4 Å². The molecule has 0 unspecified atom stereocenters. The first-order valence-electron chi connectivity index (χ1n) is 9.85. The second kappa shape index (κ2) is 15.8. The van der Waals surface area contributed by atoms with Crippen LogP contribution in [0.25, 0.3) is 0 Å². The summed E-state index contributed by atoms with van der Waals surface area (Å²) in [5, 5.41) is 10.2. The summed E-state index contributed by atoms with van der Waals surface area (Å²) >= 11 is 0. The number of rotatable bonds is 8. The number of halogens is 7. The van der Waals surface area contributed by atoms with Gasteiger partial charge in [0.05, 0.1) is 5.56 Å². The van der Waals surface area contributed by atoms with Gasteiger partial charge in [0.25, 0.3) is 0 Å². The number of pyridine rings is 1. The van der Waals surface area contributed by atoms with Crippen molar-refractivity contribution in [3.63, 3.8) is 0 Å². The van der Waals surface area contributed by atoms with Crippen molar-refractivity contribution in [1.29, 1.82) is 0 Å². The van der Waals surface area contributed by atoms with Crippen molar-refractivity contribution in [2.24, 2.45) is 5.92 Å². The van der Waals surface area contributed by atoms with Gasteiger partial charge in [-0.3, -0.25) is 0 Å². The number of alkyl halides is 3. The van der Waals surface area contributed by atoms with Gasteiger partial charge in [0, 0.05) is 37.9 Å². The molecule has 2 aromatic rings. The van der Waals surface area contributed by atoms with Gasteiger partial charge in [0.2, 0.25) is 0 Å². The van der Waals surface area contributed by atoms with Crippen LogP contribution < -0.4 is 21.7 Å². The lowest BCUT2D eigenvalue weighted by molar-refractivity contribution is -0.137. The van der Waals surface area contributed by atoms with E-state index in [-0.39, 0.29) is 49.6 Å². The topological polar surface area (TPSA) is 75.0 Å². The summed E-state index contributed by atoms with van der Waals surface area (Å²) in [5.41, 5.74) is 7.99. The fraction of sp³-hybridized carbons (Fsp3) is 0.476. The highest BCUT2D eigenvalue weighted by Gasteiger charge is 2.30. The summed E-state index contributed by atoms with van der Waals surface area (Å²) in [6.45, 7) is 5.65. The Labute approximate surface area is 217 Å². The van der Waals surface area contributed by atoms with Crippen LogP contribution in [0.3, 0.4) is 0 Å². The summed E-state index contributed by atoms with van der Waals surface area (Å²) in [4.78, 5) is 4.43. The number of nitrogens with zero attached hydrogens (tertiary/aromatic N) is 1. The SMILES string of the molecule is Cc1cc(N)nc(C[C@H]2CNC[C@@H]2NCCNCc2cccc(C(F)(F)F)c2)c1.Cl.Cl.Cl.Cl. The third kappa shape index (κ3) is 10.9. The van der Waals surface area contributed by atoms with Crippen molar-refractivity contribution < 1.29 is 13.2 Å². The van der Waals surface area contributed by atoms with Crippen molar-refractivity contribution in [3.8, 4) is 0 Å². The van der Waals surface area contributed by atoms with Gasteiger partial charge in [0.15, 0.2) is 0 Å². The molecule has 2 atom stereocenters. The molecule has 1 aromatic carbocycles. The van der Waals surface area contributed by atoms with E-state index in [1.807, 2.05) is 13.0 Å². The minimum Gasteiger partial charge on any atom is -0.384 e.